The standard InChI is InChI=1S/C32H33F6NO3/c1-30(2,3)42-29(40)39-15-14-27(41-20-21-16-24(31(33,34)35)18-25(17-21)32(36,37)38)26(19-39)28(22-10-6-4-7-11-22)23-12-8-5-9-13-23/h4-13,16-18,26-28H,14-15,19-20H2,1-3H3. The summed E-state index contributed by atoms with van der Waals surface area (Å²) in [6.07, 6.45) is -10.7. The van der Waals surface area contributed by atoms with Gasteiger partial charge in [-0.25, -0.2) is 4.79 Å². The van der Waals surface area contributed by atoms with E-state index in [-0.39, 0.29) is 36.6 Å². The normalized spacial score (nSPS) is 18.3. The van der Waals surface area contributed by atoms with Gasteiger partial charge in [-0.3, -0.25) is 0 Å². The Balaban J connectivity index is 1.69. The van der Waals surface area contributed by atoms with Gasteiger partial charge in [-0.05, 0) is 62.1 Å². The van der Waals surface area contributed by atoms with Crippen molar-refractivity contribution in [2.45, 2.75) is 63.8 Å². The van der Waals surface area contributed by atoms with Crippen LogP contribution in [0.15, 0.2) is 78.9 Å². The third-order valence-corrected chi connectivity index (χ3v) is 7.10. The van der Waals surface area contributed by atoms with Gasteiger partial charge in [0.1, 0.15) is 5.60 Å². The molecule has 1 aliphatic rings. The molecule has 0 radical (unpaired) electrons. The minimum Gasteiger partial charge on any atom is -0.444 e. The number of nitrogens with zero attached hydrogens (tertiary/aromatic N) is 1. The number of alkyl halides is 6. The Morgan fingerprint density at radius 2 is 1.33 bits per heavy atom. The van der Waals surface area contributed by atoms with Crippen LogP contribution in [0.25, 0.3) is 0 Å². The van der Waals surface area contributed by atoms with Crippen LogP contribution in [0.3, 0.4) is 0 Å². The minimum atomic E-state index is -4.96. The lowest BCUT2D eigenvalue weighted by atomic mass is 9.75. The number of hydrogen-bond acceptors (Lipinski definition) is 3. The molecule has 3 aromatic carbocycles. The maximum atomic E-state index is 13.5. The Morgan fingerprint density at radius 1 is 0.833 bits per heavy atom. The fraction of sp³-hybridized carbons (Fsp3) is 0.406. The van der Waals surface area contributed by atoms with Crippen molar-refractivity contribution in [1.82, 2.24) is 4.90 Å². The van der Waals surface area contributed by atoms with Crippen LogP contribution in [0.4, 0.5) is 31.1 Å². The zero-order valence-corrected chi connectivity index (χ0v) is 23.5. The predicted molar refractivity (Wildman–Crippen MR) is 146 cm³/mol. The van der Waals surface area contributed by atoms with E-state index in [1.807, 2.05) is 60.7 Å². The van der Waals surface area contributed by atoms with E-state index in [1.165, 1.54) is 0 Å². The number of carbonyl (C=O) groups excluding carboxylic acids is 1. The molecular weight excluding hydrogens is 560 g/mol. The molecule has 1 amide bonds. The average molecular weight is 594 g/mol. The number of hydrogen-bond donors (Lipinski definition) is 0. The van der Waals surface area contributed by atoms with Gasteiger partial charge in [-0.15, -0.1) is 0 Å². The molecule has 0 aromatic heterocycles. The molecule has 0 bridgehead atoms. The van der Waals surface area contributed by atoms with E-state index in [9.17, 15) is 31.1 Å². The fourth-order valence-corrected chi connectivity index (χ4v) is 5.29. The number of benzene rings is 3. The smallest absolute Gasteiger partial charge is 0.416 e. The molecule has 1 aliphatic heterocycles. The molecule has 2 atom stereocenters. The third-order valence-electron chi connectivity index (χ3n) is 7.10. The zero-order chi connectivity index (χ0) is 30.7. The van der Waals surface area contributed by atoms with Gasteiger partial charge in [0.15, 0.2) is 0 Å². The number of amides is 1. The molecule has 42 heavy (non-hydrogen) atoms. The third kappa shape index (κ3) is 8.06. The number of ether oxygens (including phenoxy) is 2. The van der Waals surface area contributed by atoms with Crippen molar-refractivity contribution in [3.63, 3.8) is 0 Å². The van der Waals surface area contributed by atoms with Crippen molar-refractivity contribution >= 4 is 6.09 Å². The molecule has 0 saturated carbocycles. The monoisotopic (exact) mass is 593 g/mol. The highest BCUT2D eigenvalue weighted by Crippen LogP contribution is 2.40. The summed E-state index contributed by atoms with van der Waals surface area (Å²) in [6.45, 7) is 5.29. The maximum absolute atomic E-state index is 13.5. The number of rotatable bonds is 6. The highest BCUT2D eigenvalue weighted by atomic mass is 19.4. The van der Waals surface area contributed by atoms with E-state index in [4.69, 9.17) is 9.47 Å². The van der Waals surface area contributed by atoms with Crippen LogP contribution in [0, 0.1) is 5.92 Å². The first-order valence-corrected chi connectivity index (χ1v) is 13.6. The highest BCUT2D eigenvalue weighted by Gasteiger charge is 2.41. The van der Waals surface area contributed by atoms with Crippen molar-refractivity contribution in [3.05, 3.63) is 107 Å². The SMILES string of the molecule is CC(C)(C)OC(=O)N1CCC(OCc2cc(C(F)(F)F)cc(C(F)(F)F)c2)C(C(c2ccccc2)c2ccccc2)C1. The van der Waals surface area contributed by atoms with E-state index in [0.29, 0.717) is 18.6 Å². The van der Waals surface area contributed by atoms with Gasteiger partial charge in [-0.1, -0.05) is 60.7 Å². The van der Waals surface area contributed by atoms with Crippen LogP contribution >= 0.6 is 0 Å². The van der Waals surface area contributed by atoms with E-state index in [0.717, 1.165) is 11.1 Å². The summed E-state index contributed by atoms with van der Waals surface area (Å²) < 4.78 is 92.5. The first kappa shape index (κ1) is 31.4. The lowest BCUT2D eigenvalue weighted by molar-refractivity contribution is -0.143. The molecular formula is C32H33F6NO3. The van der Waals surface area contributed by atoms with Crippen molar-refractivity contribution in [2.75, 3.05) is 13.1 Å². The van der Waals surface area contributed by atoms with Crippen LogP contribution < -0.4 is 0 Å². The number of likely N-dealkylation sites (tertiary alicyclic amines) is 1. The molecule has 0 aliphatic carbocycles. The van der Waals surface area contributed by atoms with Gasteiger partial charge in [0.25, 0.3) is 0 Å². The molecule has 2 unspecified atom stereocenters. The van der Waals surface area contributed by atoms with Crippen LogP contribution in [-0.4, -0.2) is 35.8 Å². The van der Waals surface area contributed by atoms with Gasteiger partial charge >= 0.3 is 18.4 Å². The molecule has 1 fully saturated rings. The first-order chi connectivity index (χ1) is 19.6. The van der Waals surface area contributed by atoms with Crippen LogP contribution in [0.5, 0.6) is 0 Å². The Hall–Kier alpha value is -3.53. The summed E-state index contributed by atoms with van der Waals surface area (Å²) in [5.41, 5.74) is -1.87. The van der Waals surface area contributed by atoms with E-state index in [1.54, 1.807) is 25.7 Å². The molecule has 1 heterocycles. The molecule has 4 nitrogen and oxygen atoms in total. The Morgan fingerprint density at radius 3 is 1.79 bits per heavy atom. The summed E-state index contributed by atoms with van der Waals surface area (Å²) in [5.74, 6) is -0.668. The molecule has 1 saturated heterocycles. The Kier molecular flexibility index (Phi) is 9.25. The Bertz CT molecular complexity index is 1260. The number of carbonyl (C=O) groups is 1. The lowest BCUT2D eigenvalue weighted by Crippen LogP contribution is -2.50. The zero-order valence-electron chi connectivity index (χ0n) is 23.5. The van der Waals surface area contributed by atoms with Crippen LogP contribution in [0.1, 0.15) is 60.9 Å². The van der Waals surface area contributed by atoms with Crippen LogP contribution in [-0.2, 0) is 28.4 Å². The number of halogens is 6. The molecule has 10 heteroatoms. The summed E-state index contributed by atoms with van der Waals surface area (Å²) in [6, 6.07) is 20.6. The second kappa shape index (κ2) is 12.4. The highest BCUT2D eigenvalue weighted by molar-refractivity contribution is 5.68. The largest absolute Gasteiger partial charge is 0.444 e. The van der Waals surface area contributed by atoms with E-state index >= 15 is 0 Å². The summed E-state index contributed by atoms with van der Waals surface area (Å²) in [5, 5.41) is 0. The van der Waals surface area contributed by atoms with Crippen molar-refractivity contribution < 1.29 is 40.6 Å². The number of piperidine rings is 1. The van der Waals surface area contributed by atoms with E-state index in [2.05, 4.69) is 0 Å². The van der Waals surface area contributed by atoms with Crippen molar-refractivity contribution in [2.24, 2.45) is 5.92 Å². The van der Waals surface area contributed by atoms with Crippen molar-refractivity contribution in [3.8, 4) is 0 Å². The fourth-order valence-electron chi connectivity index (χ4n) is 5.29. The van der Waals surface area contributed by atoms with Gasteiger partial charge in [-0.2, -0.15) is 26.3 Å². The van der Waals surface area contributed by atoms with Crippen molar-refractivity contribution in [1.29, 1.82) is 0 Å². The van der Waals surface area contributed by atoms with Gasteiger partial charge in [0.2, 0.25) is 0 Å². The molecule has 3 aromatic rings. The van der Waals surface area contributed by atoms with Gasteiger partial charge in [0, 0.05) is 24.9 Å². The predicted octanol–water partition coefficient (Wildman–Crippen LogP) is 8.70. The summed E-state index contributed by atoms with van der Waals surface area (Å²) in [7, 11) is 0. The first-order valence-electron chi connectivity index (χ1n) is 13.6. The topological polar surface area (TPSA) is 38.8 Å². The van der Waals surface area contributed by atoms with Crippen LogP contribution in [0.2, 0.25) is 0 Å². The maximum Gasteiger partial charge on any atom is 0.416 e. The van der Waals surface area contributed by atoms with Gasteiger partial charge < -0.3 is 14.4 Å². The second-order valence-electron chi connectivity index (χ2n) is 11.4. The summed E-state index contributed by atoms with van der Waals surface area (Å²) in [4.78, 5) is 14.6. The lowest BCUT2D eigenvalue weighted by Gasteiger charge is -2.42. The van der Waals surface area contributed by atoms with E-state index < -0.39 is 47.9 Å². The second-order valence-corrected chi connectivity index (χ2v) is 11.4. The molecule has 0 N–H and O–H groups in total. The molecule has 4 rings (SSSR count). The Labute approximate surface area is 241 Å². The quantitative estimate of drug-likeness (QED) is 0.269. The van der Waals surface area contributed by atoms with Gasteiger partial charge in [0.05, 0.1) is 23.8 Å². The minimum absolute atomic E-state index is 0.104. The molecule has 226 valence electrons. The average Bonchev–Trinajstić information content (AvgIpc) is 2.91. The molecule has 0 spiro atoms. The summed E-state index contributed by atoms with van der Waals surface area (Å²) >= 11 is 0.